The Bertz CT molecular complexity index is 173. The molecule has 3 unspecified atom stereocenters. The van der Waals surface area contributed by atoms with E-state index in [-0.39, 0.29) is 18.7 Å². The fourth-order valence-corrected chi connectivity index (χ4v) is 2.20. The molecule has 0 saturated carbocycles. The SMILES string of the molecule is CC1CCN(C(CO)C(N)C(C)C)C1. The van der Waals surface area contributed by atoms with Gasteiger partial charge in [-0.05, 0) is 24.8 Å². The largest absolute Gasteiger partial charge is 0.395 e. The molecule has 14 heavy (non-hydrogen) atoms. The second kappa shape index (κ2) is 5.10. The molecule has 0 amide bonds. The Balaban J connectivity index is 2.53. The molecule has 1 rings (SSSR count). The van der Waals surface area contributed by atoms with Crippen LogP contribution in [0.4, 0.5) is 0 Å². The summed E-state index contributed by atoms with van der Waals surface area (Å²) in [4.78, 5) is 2.34. The Hall–Kier alpha value is -0.120. The first-order valence-corrected chi connectivity index (χ1v) is 5.66. The van der Waals surface area contributed by atoms with Crippen molar-refractivity contribution in [2.75, 3.05) is 19.7 Å². The minimum absolute atomic E-state index is 0.0882. The van der Waals surface area contributed by atoms with Gasteiger partial charge in [0.05, 0.1) is 6.61 Å². The fourth-order valence-electron chi connectivity index (χ4n) is 2.20. The average Bonchev–Trinajstić information content (AvgIpc) is 2.53. The van der Waals surface area contributed by atoms with Crippen molar-refractivity contribution < 1.29 is 5.11 Å². The molecule has 0 aromatic heterocycles. The average molecular weight is 200 g/mol. The van der Waals surface area contributed by atoms with Crippen molar-refractivity contribution in [3.8, 4) is 0 Å². The predicted molar refractivity (Wildman–Crippen MR) is 59.0 cm³/mol. The van der Waals surface area contributed by atoms with E-state index in [1.807, 2.05) is 0 Å². The third kappa shape index (κ3) is 2.69. The van der Waals surface area contributed by atoms with Crippen LogP contribution in [-0.2, 0) is 0 Å². The lowest BCUT2D eigenvalue weighted by Gasteiger charge is -2.33. The summed E-state index contributed by atoms with van der Waals surface area (Å²) in [5.74, 6) is 1.19. The van der Waals surface area contributed by atoms with Crippen LogP contribution in [0.1, 0.15) is 27.2 Å². The van der Waals surface area contributed by atoms with E-state index in [1.165, 1.54) is 6.42 Å². The highest BCUT2D eigenvalue weighted by Gasteiger charge is 2.30. The van der Waals surface area contributed by atoms with Crippen molar-refractivity contribution >= 4 is 0 Å². The molecule has 1 aliphatic rings. The molecule has 0 radical (unpaired) electrons. The number of hydrogen-bond donors (Lipinski definition) is 2. The number of aliphatic hydroxyl groups excluding tert-OH is 1. The smallest absolute Gasteiger partial charge is 0.0602 e. The van der Waals surface area contributed by atoms with Crippen LogP contribution in [0.5, 0.6) is 0 Å². The van der Waals surface area contributed by atoms with Gasteiger partial charge >= 0.3 is 0 Å². The number of likely N-dealkylation sites (tertiary alicyclic amines) is 1. The maximum absolute atomic E-state index is 9.37. The first-order valence-electron chi connectivity index (χ1n) is 5.66. The molecule has 1 saturated heterocycles. The number of nitrogens with two attached hydrogens (primary N) is 1. The molecule has 0 spiro atoms. The molecule has 1 fully saturated rings. The van der Waals surface area contributed by atoms with Crippen LogP contribution in [0.2, 0.25) is 0 Å². The summed E-state index contributed by atoms with van der Waals surface area (Å²) in [6.07, 6.45) is 1.24. The molecule has 84 valence electrons. The van der Waals surface area contributed by atoms with Crippen LogP contribution >= 0.6 is 0 Å². The molecule has 0 aliphatic carbocycles. The van der Waals surface area contributed by atoms with Crippen molar-refractivity contribution in [3.63, 3.8) is 0 Å². The second-order valence-corrected chi connectivity index (χ2v) is 4.96. The van der Waals surface area contributed by atoms with E-state index in [0.29, 0.717) is 5.92 Å². The van der Waals surface area contributed by atoms with E-state index in [4.69, 9.17) is 5.73 Å². The Morgan fingerprint density at radius 3 is 2.50 bits per heavy atom. The molecule has 1 aliphatic heterocycles. The van der Waals surface area contributed by atoms with Crippen LogP contribution in [0.15, 0.2) is 0 Å². The van der Waals surface area contributed by atoms with Crippen molar-refractivity contribution in [2.45, 2.75) is 39.3 Å². The van der Waals surface area contributed by atoms with Crippen LogP contribution in [0.25, 0.3) is 0 Å². The third-order valence-electron chi connectivity index (χ3n) is 3.33. The molecular formula is C11H24N2O. The molecule has 3 nitrogen and oxygen atoms in total. The predicted octanol–water partition coefficient (Wildman–Crippen LogP) is 0.672. The van der Waals surface area contributed by atoms with Gasteiger partial charge in [-0.2, -0.15) is 0 Å². The van der Waals surface area contributed by atoms with Gasteiger partial charge in [-0.15, -0.1) is 0 Å². The first kappa shape index (κ1) is 12.0. The lowest BCUT2D eigenvalue weighted by molar-refractivity contribution is 0.109. The monoisotopic (exact) mass is 200 g/mol. The zero-order chi connectivity index (χ0) is 10.7. The molecule has 3 N–H and O–H groups in total. The minimum Gasteiger partial charge on any atom is -0.395 e. The highest BCUT2D eigenvalue weighted by atomic mass is 16.3. The number of rotatable bonds is 4. The van der Waals surface area contributed by atoms with Crippen LogP contribution in [-0.4, -0.2) is 41.8 Å². The molecular weight excluding hydrogens is 176 g/mol. The number of nitrogens with zero attached hydrogens (tertiary/aromatic N) is 1. The molecule has 0 aromatic rings. The summed E-state index contributed by atoms with van der Waals surface area (Å²) in [6.45, 7) is 8.86. The van der Waals surface area contributed by atoms with Gasteiger partial charge in [0.15, 0.2) is 0 Å². The van der Waals surface area contributed by atoms with E-state index in [2.05, 4.69) is 25.7 Å². The van der Waals surface area contributed by atoms with Crippen LogP contribution in [0, 0.1) is 11.8 Å². The topological polar surface area (TPSA) is 49.5 Å². The summed E-state index contributed by atoms with van der Waals surface area (Å²) in [5.41, 5.74) is 6.09. The Labute approximate surface area is 87.3 Å². The molecule has 0 bridgehead atoms. The summed E-state index contributed by atoms with van der Waals surface area (Å²) in [5, 5.41) is 9.37. The molecule has 1 heterocycles. The van der Waals surface area contributed by atoms with Crippen molar-refractivity contribution in [2.24, 2.45) is 17.6 Å². The number of aliphatic hydroxyl groups is 1. The zero-order valence-corrected chi connectivity index (χ0v) is 9.61. The summed E-state index contributed by atoms with van der Waals surface area (Å²) < 4.78 is 0. The first-order chi connectivity index (χ1) is 6.56. The van der Waals surface area contributed by atoms with Crippen LogP contribution in [0.3, 0.4) is 0 Å². The Morgan fingerprint density at radius 2 is 2.14 bits per heavy atom. The fraction of sp³-hybridized carbons (Fsp3) is 1.00. The molecule has 3 heteroatoms. The van der Waals surface area contributed by atoms with Gasteiger partial charge in [0.25, 0.3) is 0 Å². The van der Waals surface area contributed by atoms with Crippen molar-refractivity contribution in [1.82, 2.24) is 4.90 Å². The van der Waals surface area contributed by atoms with Gasteiger partial charge in [0.2, 0.25) is 0 Å². The van der Waals surface area contributed by atoms with Gasteiger partial charge in [0.1, 0.15) is 0 Å². The lowest BCUT2D eigenvalue weighted by atomic mass is 9.97. The number of hydrogen-bond acceptors (Lipinski definition) is 3. The maximum atomic E-state index is 9.37. The minimum atomic E-state index is 0.0882. The van der Waals surface area contributed by atoms with E-state index >= 15 is 0 Å². The molecule has 3 atom stereocenters. The third-order valence-corrected chi connectivity index (χ3v) is 3.33. The van der Waals surface area contributed by atoms with E-state index in [1.54, 1.807) is 0 Å². The lowest BCUT2D eigenvalue weighted by Crippen LogP contribution is -2.51. The molecule has 0 aromatic carbocycles. The van der Waals surface area contributed by atoms with Gasteiger partial charge in [-0.1, -0.05) is 20.8 Å². The van der Waals surface area contributed by atoms with Crippen LogP contribution < -0.4 is 5.73 Å². The van der Waals surface area contributed by atoms with E-state index < -0.39 is 0 Å². The van der Waals surface area contributed by atoms with E-state index in [9.17, 15) is 5.11 Å². The summed E-state index contributed by atoms with van der Waals surface area (Å²) >= 11 is 0. The standard InChI is InChI=1S/C11H24N2O/c1-8(2)11(12)10(7-14)13-5-4-9(3)6-13/h8-11,14H,4-7,12H2,1-3H3. The maximum Gasteiger partial charge on any atom is 0.0602 e. The normalized spacial score (nSPS) is 28.3. The van der Waals surface area contributed by atoms with Gasteiger partial charge in [-0.25, -0.2) is 0 Å². The second-order valence-electron chi connectivity index (χ2n) is 4.96. The van der Waals surface area contributed by atoms with Gasteiger partial charge in [0, 0.05) is 18.6 Å². The summed E-state index contributed by atoms with van der Waals surface area (Å²) in [7, 11) is 0. The Kier molecular flexibility index (Phi) is 4.35. The van der Waals surface area contributed by atoms with E-state index in [0.717, 1.165) is 19.0 Å². The highest BCUT2D eigenvalue weighted by Crippen LogP contribution is 2.20. The van der Waals surface area contributed by atoms with Crippen molar-refractivity contribution in [3.05, 3.63) is 0 Å². The van der Waals surface area contributed by atoms with Gasteiger partial charge in [-0.3, -0.25) is 4.90 Å². The Morgan fingerprint density at radius 1 is 1.50 bits per heavy atom. The highest BCUT2D eigenvalue weighted by molar-refractivity contribution is 4.87. The van der Waals surface area contributed by atoms with Gasteiger partial charge < -0.3 is 10.8 Å². The quantitative estimate of drug-likeness (QED) is 0.701. The van der Waals surface area contributed by atoms with Crippen molar-refractivity contribution in [1.29, 1.82) is 0 Å². The summed E-state index contributed by atoms with van der Waals surface area (Å²) in [6, 6.07) is 0.241. The zero-order valence-electron chi connectivity index (χ0n) is 9.61.